The Hall–Kier alpha value is -2.50. The van der Waals surface area contributed by atoms with Gasteiger partial charge >= 0.3 is 5.97 Å². The molecule has 0 fully saturated rings. The molecule has 0 unspecified atom stereocenters. The Morgan fingerprint density at radius 3 is 2.67 bits per heavy atom. The highest BCUT2D eigenvalue weighted by Crippen LogP contribution is 2.24. The van der Waals surface area contributed by atoms with Crippen molar-refractivity contribution in [2.45, 2.75) is 6.92 Å². The molecule has 1 aromatic carbocycles. The molecule has 0 aliphatic carbocycles. The molecular formula is C12H13N3O3. The normalized spacial score (nSPS) is 10.3. The molecule has 1 heterocycles. The van der Waals surface area contributed by atoms with Crippen LogP contribution in [0.1, 0.15) is 16.2 Å². The second kappa shape index (κ2) is 4.40. The van der Waals surface area contributed by atoms with E-state index in [0.29, 0.717) is 17.1 Å². The van der Waals surface area contributed by atoms with E-state index in [1.165, 1.54) is 17.9 Å². The number of hydrogen-bond donors (Lipinski definition) is 2. The highest BCUT2D eigenvalue weighted by Gasteiger charge is 2.12. The number of aromatic nitrogens is 2. The molecule has 0 aliphatic heterocycles. The molecule has 2 aromatic rings. The van der Waals surface area contributed by atoms with Crippen LogP contribution in [0.2, 0.25) is 0 Å². The van der Waals surface area contributed by atoms with Crippen LogP contribution >= 0.6 is 0 Å². The fraction of sp³-hybridized carbons (Fsp3) is 0.167. The van der Waals surface area contributed by atoms with Gasteiger partial charge in [0.25, 0.3) is 0 Å². The van der Waals surface area contributed by atoms with Gasteiger partial charge in [-0.1, -0.05) is 0 Å². The van der Waals surface area contributed by atoms with Gasteiger partial charge in [-0.25, -0.2) is 9.48 Å². The van der Waals surface area contributed by atoms with Crippen LogP contribution in [0.15, 0.2) is 24.3 Å². The van der Waals surface area contributed by atoms with E-state index in [4.69, 9.17) is 15.6 Å². The Kier molecular flexibility index (Phi) is 2.93. The lowest BCUT2D eigenvalue weighted by atomic mass is 10.2. The van der Waals surface area contributed by atoms with Gasteiger partial charge in [-0.2, -0.15) is 5.10 Å². The molecule has 18 heavy (non-hydrogen) atoms. The van der Waals surface area contributed by atoms with Crippen molar-refractivity contribution < 1.29 is 14.6 Å². The molecule has 0 bridgehead atoms. The van der Waals surface area contributed by atoms with Crippen molar-refractivity contribution in [1.82, 2.24) is 9.78 Å². The highest BCUT2D eigenvalue weighted by molar-refractivity contribution is 5.85. The topological polar surface area (TPSA) is 90.4 Å². The lowest BCUT2D eigenvalue weighted by Gasteiger charge is -2.08. The zero-order chi connectivity index (χ0) is 13.3. The first-order valence-electron chi connectivity index (χ1n) is 5.26. The van der Waals surface area contributed by atoms with Crippen LogP contribution in [-0.4, -0.2) is 28.0 Å². The predicted molar refractivity (Wildman–Crippen MR) is 66.2 cm³/mol. The van der Waals surface area contributed by atoms with Gasteiger partial charge < -0.3 is 15.6 Å². The summed E-state index contributed by atoms with van der Waals surface area (Å²) in [6.07, 6.45) is 0. The van der Waals surface area contributed by atoms with Crippen molar-refractivity contribution in [3.8, 4) is 11.4 Å². The maximum absolute atomic E-state index is 10.8. The number of carboxylic acid groups (broad SMARTS) is 1. The number of nitrogens with two attached hydrogens (primary N) is 1. The van der Waals surface area contributed by atoms with Crippen LogP contribution in [0.4, 0.5) is 5.69 Å². The van der Waals surface area contributed by atoms with Crippen molar-refractivity contribution in [1.29, 1.82) is 0 Å². The zero-order valence-corrected chi connectivity index (χ0v) is 10.0. The summed E-state index contributed by atoms with van der Waals surface area (Å²) in [5.74, 6) is -0.486. The number of carbonyl (C=O) groups is 1. The molecule has 0 spiro atoms. The van der Waals surface area contributed by atoms with E-state index in [1.807, 2.05) is 0 Å². The molecule has 2 rings (SSSR count). The molecule has 0 radical (unpaired) electrons. The first-order chi connectivity index (χ1) is 8.52. The molecule has 0 atom stereocenters. The third kappa shape index (κ3) is 2.00. The molecule has 0 amide bonds. The van der Waals surface area contributed by atoms with Gasteiger partial charge in [-0.05, 0) is 31.2 Å². The second-order valence-corrected chi connectivity index (χ2v) is 3.81. The highest BCUT2D eigenvalue weighted by atomic mass is 16.5. The van der Waals surface area contributed by atoms with Crippen molar-refractivity contribution >= 4 is 11.7 Å². The first-order valence-corrected chi connectivity index (χ1v) is 5.26. The molecule has 1 aromatic heterocycles. The average Bonchev–Trinajstić information content (AvgIpc) is 2.71. The van der Waals surface area contributed by atoms with Gasteiger partial charge in [0.2, 0.25) is 0 Å². The Morgan fingerprint density at radius 1 is 1.44 bits per heavy atom. The van der Waals surface area contributed by atoms with Crippen LogP contribution in [0.5, 0.6) is 5.75 Å². The lowest BCUT2D eigenvalue weighted by Crippen LogP contribution is -2.03. The van der Waals surface area contributed by atoms with Crippen LogP contribution in [-0.2, 0) is 0 Å². The summed E-state index contributed by atoms with van der Waals surface area (Å²) < 4.78 is 6.59. The van der Waals surface area contributed by atoms with Gasteiger partial charge in [0.15, 0.2) is 5.69 Å². The SMILES string of the molecule is COc1ccc(-n2nc(C(=O)O)cc2C)cc1N. The monoisotopic (exact) mass is 247 g/mol. The molecule has 6 heteroatoms. The fourth-order valence-electron chi connectivity index (χ4n) is 1.69. The number of nitrogen functional groups attached to an aromatic ring is 1. The molecule has 0 saturated heterocycles. The summed E-state index contributed by atoms with van der Waals surface area (Å²) in [6.45, 7) is 1.78. The van der Waals surface area contributed by atoms with E-state index in [0.717, 1.165) is 5.69 Å². The number of benzene rings is 1. The van der Waals surface area contributed by atoms with Crippen molar-refractivity contribution in [2.75, 3.05) is 12.8 Å². The summed E-state index contributed by atoms with van der Waals surface area (Å²) in [7, 11) is 1.53. The Balaban J connectivity index is 2.48. The van der Waals surface area contributed by atoms with Crippen molar-refractivity contribution in [3.63, 3.8) is 0 Å². The summed E-state index contributed by atoms with van der Waals surface area (Å²) in [5.41, 5.74) is 7.69. The Bertz CT molecular complexity index is 605. The van der Waals surface area contributed by atoms with Crippen molar-refractivity contribution in [2.24, 2.45) is 0 Å². The largest absolute Gasteiger partial charge is 0.495 e. The maximum atomic E-state index is 10.8. The van der Waals surface area contributed by atoms with E-state index < -0.39 is 5.97 Å². The number of nitrogens with zero attached hydrogens (tertiary/aromatic N) is 2. The minimum atomic E-state index is -1.06. The van der Waals surface area contributed by atoms with E-state index in [2.05, 4.69) is 5.10 Å². The minimum Gasteiger partial charge on any atom is -0.495 e. The van der Waals surface area contributed by atoms with Gasteiger partial charge in [-0.3, -0.25) is 0 Å². The van der Waals surface area contributed by atoms with E-state index >= 15 is 0 Å². The number of ether oxygens (including phenoxy) is 1. The van der Waals surface area contributed by atoms with E-state index in [1.54, 1.807) is 25.1 Å². The molecule has 94 valence electrons. The summed E-state index contributed by atoms with van der Waals surface area (Å²) in [6, 6.07) is 6.67. The molecule has 6 nitrogen and oxygen atoms in total. The number of anilines is 1. The smallest absolute Gasteiger partial charge is 0.356 e. The number of carboxylic acids is 1. The Morgan fingerprint density at radius 2 is 2.17 bits per heavy atom. The van der Waals surface area contributed by atoms with Crippen LogP contribution in [0.3, 0.4) is 0 Å². The maximum Gasteiger partial charge on any atom is 0.356 e. The van der Waals surface area contributed by atoms with Gasteiger partial charge in [0.05, 0.1) is 18.5 Å². The van der Waals surface area contributed by atoms with Crippen LogP contribution in [0, 0.1) is 6.92 Å². The van der Waals surface area contributed by atoms with Crippen LogP contribution < -0.4 is 10.5 Å². The standard InChI is InChI=1S/C12H13N3O3/c1-7-5-10(12(16)17)14-15(7)8-3-4-11(18-2)9(13)6-8/h3-6H,13H2,1-2H3,(H,16,17). The van der Waals surface area contributed by atoms with E-state index in [9.17, 15) is 4.79 Å². The minimum absolute atomic E-state index is 0.00175. The van der Waals surface area contributed by atoms with Gasteiger partial charge in [0.1, 0.15) is 5.75 Å². The first kappa shape index (κ1) is 12.0. The van der Waals surface area contributed by atoms with E-state index in [-0.39, 0.29) is 5.69 Å². The zero-order valence-electron chi connectivity index (χ0n) is 10.0. The van der Waals surface area contributed by atoms with Crippen LogP contribution in [0.25, 0.3) is 5.69 Å². The second-order valence-electron chi connectivity index (χ2n) is 3.81. The predicted octanol–water partition coefficient (Wildman–Crippen LogP) is 1.47. The van der Waals surface area contributed by atoms with Gasteiger partial charge in [0, 0.05) is 5.69 Å². The molecule has 3 N–H and O–H groups in total. The quantitative estimate of drug-likeness (QED) is 0.801. The third-order valence-electron chi connectivity index (χ3n) is 2.56. The molecule has 0 saturated carbocycles. The number of aryl methyl sites for hydroxylation is 1. The average molecular weight is 247 g/mol. The fourth-order valence-corrected chi connectivity index (χ4v) is 1.69. The molecular weight excluding hydrogens is 234 g/mol. The third-order valence-corrected chi connectivity index (χ3v) is 2.56. The van der Waals surface area contributed by atoms with Crippen molar-refractivity contribution in [3.05, 3.63) is 35.7 Å². The number of hydrogen-bond acceptors (Lipinski definition) is 4. The number of rotatable bonds is 3. The summed E-state index contributed by atoms with van der Waals surface area (Å²) in [5, 5.41) is 12.9. The number of methoxy groups -OCH3 is 1. The van der Waals surface area contributed by atoms with Gasteiger partial charge in [-0.15, -0.1) is 0 Å². The lowest BCUT2D eigenvalue weighted by molar-refractivity contribution is 0.0690. The Labute approximate surface area is 104 Å². The summed E-state index contributed by atoms with van der Waals surface area (Å²) in [4.78, 5) is 10.8. The molecule has 0 aliphatic rings. The number of aromatic carboxylic acids is 1. The summed E-state index contributed by atoms with van der Waals surface area (Å²) >= 11 is 0.